The summed E-state index contributed by atoms with van der Waals surface area (Å²) in [5.41, 5.74) is 0. The molecule has 0 aromatic carbocycles. The lowest BCUT2D eigenvalue weighted by Crippen LogP contribution is -1.86. The third kappa shape index (κ3) is 59.6. The third-order valence-electron chi connectivity index (χ3n) is 0. The molecular weight excluding hydrogens is 232 g/mol. The van der Waals surface area contributed by atoms with Crippen molar-refractivity contribution >= 4 is 45.1 Å². The molecule has 0 radical (unpaired) electrons. The highest BCUT2D eigenvalue weighted by Crippen LogP contribution is 1.61. The average Bonchev–Trinajstić information content (AvgIpc) is 0.811. The average molecular weight is 240 g/mol. The smallest absolute Gasteiger partial charge is 0.0946 e. The van der Waals surface area contributed by atoms with Crippen LogP contribution in [0.1, 0.15) is 0 Å². The fraction of sp³-hybridized carbons (Fsp3) is 1.00. The summed E-state index contributed by atoms with van der Waals surface area (Å²) in [5, 5.41) is 0. The molecule has 0 aliphatic heterocycles. The molecule has 1 nitrogen and oxygen atoms in total. The zero-order valence-corrected chi connectivity index (χ0v) is 7.88. The van der Waals surface area contributed by atoms with Crippen LogP contribution in [-0.4, -0.2) is 17.1 Å². The van der Waals surface area contributed by atoms with Crippen LogP contribution in [-0.2, 0) is 11.2 Å². The van der Waals surface area contributed by atoms with Gasteiger partial charge in [0.1, 0.15) is 0 Å². The maximum absolute atomic E-state index is 9.56. The number of hydrogen-bond acceptors (Lipinski definition) is 1. The van der Waals surface area contributed by atoms with Gasteiger partial charge in [0, 0.05) is 0 Å². The van der Waals surface area contributed by atoms with E-state index in [1.807, 2.05) is 0 Å². The van der Waals surface area contributed by atoms with Gasteiger partial charge in [0.25, 0.3) is 0 Å². The van der Waals surface area contributed by atoms with Crippen LogP contribution < -0.4 is 0 Å². The standard InChI is InChI=1S/C2H6OS.2BrH/c1-4(2)3;;/h1-2H3;2*1H. The van der Waals surface area contributed by atoms with Gasteiger partial charge < -0.3 is 4.55 Å². The molecule has 0 N–H and O–H groups in total. The number of hydrogen-bond donors (Lipinski definition) is 0. The first-order chi connectivity index (χ1) is 1.73. The molecule has 0 rings (SSSR count). The molecule has 0 aromatic heterocycles. The summed E-state index contributed by atoms with van der Waals surface area (Å²) in [5.74, 6) is 0. The molecule has 0 bridgehead atoms. The van der Waals surface area contributed by atoms with E-state index in [1.54, 1.807) is 12.5 Å². The molecule has 0 aromatic rings. The molecule has 42 valence electrons. The molecule has 6 heavy (non-hydrogen) atoms. The lowest BCUT2D eigenvalue weighted by molar-refractivity contribution is 0.606. The Morgan fingerprint density at radius 3 is 1.17 bits per heavy atom. The van der Waals surface area contributed by atoms with Crippen molar-refractivity contribution in [3.63, 3.8) is 0 Å². The van der Waals surface area contributed by atoms with E-state index in [1.165, 1.54) is 0 Å². The van der Waals surface area contributed by atoms with Gasteiger partial charge in [-0.2, -0.15) is 0 Å². The minimum Gasteiger partial charge on any atom is -0.617 e. The van der Waals surface area contributed by atoms with Gasteiger partial charge in [0.2, 0.25) is 0 Å². The van der Waals surface area contributed by atoms with Crippen LogP contribution in [0, 0.1) is 0 Å². The first-order valence-electron chi connectivity index (χ1n) is 0.983. The third-order valence-corrected chi connectivity index (χ3v) is 0. The molecule has 0 fully saturated rings. The van der Waals surface area contributed by atoms with E-state index >= 15 is 0 Å². The molecular formula is C2H8Br2OS. The van der Waals surface area contributed by atoms with Gasteiger partial charge in [-0.15, -0.1) is 34.0 Å². The van der Waals surface area contributed by atoms with Crippen molar-refractivity contribution in [3.8, 4) is 0 Å². The second kappa shape index (κ2) is 9.55. The first-order valence-corrected chi connectivity index (χ1v) is 2.95. The Balaban J connectivity index is -0.0000000450. The topological polar surface area (TPSA) is 23.1 Å². The number of halogens is 2. The molecule has 0 saturated carbocycles. The summed E-state index contributed by atoms with van der Waals surface area (Å²) >= 11 is -0.611. The van der Waals surface area contributed by atoms with E-state index in [0.29, 0.717) is 0 Å². The summed E-state index contributed by atoms with van der Waals surface area (Å²) in [6.07, 6.45) is 3.28. The van der Waals surface area contributed by atoms with Crippen molar-refractivity contribution in [2.45, 2.75) is 0 Å². The molecule has 0 spiro atoms. The minimum absolute atomic E-state index is 0. The van der Waals surface area contributed by atoms with Crippen molar-refractivity contribution in [2.75, 3.05) is 12.5 Å². The van der Waals surface area contributed by atoms with Crippen molar-refractivity contribution in [1.29, 1.82) is 0 Å². The van der Waals surface area contributed by atoms with Gasteiger partial charge in [-0.25, -0.2) is 0 Å². The molecule has 0 aliphatic carbocycles. The predicted molar refractivity (Wildman–Crippen MR) is 40.6 cm³/mol. The summed E-state index contributed by atoms with van der Waals surface area (Å²) in [4.78, 5) is 0. The summed E-state index contributed by atoms with van der Waals surface area (Å²) in [6.45, 7) is 0. The summed E-state index contributed by atoms with van der Waals surface area (Å²) in [6, 6.07) is 0. The predicted octanol–water partition coefficient (Wildman–Crippen LogP) is 1.15. The van der Waals surface area contributed by atoms with E-state index < -0.39 is 11.2 Å². The minimum atomic E-state index is -0.611. The van der Waals surface area contributed by atoms with Gasteiger partial charge in [-0.05, 0) is 0 Å². The second-order valence-electron chi connectivity index (χ2n) is 0.742. The Kier molecular flexibility index (Phi) is 25.0. The maximum atomic E-state index is 9.56. The molecule has 0 saturated heterocycles. The Labute approximate surface area is 62.2 Å². The Hall–Kier alpha value is 1.27. The van der Waals surface area contributed by atoms with Gasteiger partial charge in [-0.1, -0.05) is 11.2 Å². The van der Waals surface area contributed by atoms with Crippen LogP contribution in [0.3, 0.4) is 0 Å². The van der Waals surface area contributed by atoms with E-state index in [2.05, 4.69) is 0 Å². The fourth-order valence-electron chi connectivity index (χ4n) is 0. The number of rotatable bonds is 0. The van der Waals surface area contributed by atoms with E-state index in [9.17, 15) is 4.55 Å². The monoisotopic (exact) mass is 238 g/mol. The van der Waals surface area contributed by atoms with Crippen molar-refractivity contribution in [2.24, 2.45) is 0 Å². The van der Waals surface area contributed by atoms with Crippen LogP contribution in [0.5, 0.6) is 0 Å². The molecule has 0 aliphatic rings. The second-order valence-corrected chi connectivity index (χ2v) is 2.22. The van der Waals surface area contributed by atoms with E-state index in [0.717, 1.165) is 0 Å². The van der Waals surface area contributed by atoms with Crippen LogP contribution in [0.2, 0.25) is 0 Å². The summed E-state index contributed by atoms with van der Waals surface area (Å²) < 4.78 is 9.56. The highest BCUT2D eigenvalue weighted by atomic mass is 79.9. The van der Waals surface area contributed by atoms with Crippen molar-refractivity contribution in [1.82, 2.24) is 0 Å². The maximum Gasteiger partial charge on any atom is 0.0946 e. The molecule has 0 heterocycles. The molecule has 0 unspecified atom stereocenters. The largest absolute Gasteiger partial charge is 0.617 e. The van der Waals surface area contributed by atoms with Crippen LogP contribution in [0.15, 0.2) is 0 Å². The first kappa shape index (κ1) is 15.7. The highest BCUT2D eigenvalue weighted by Gasteiger charge is 1.66. The Morgan fingerprint density at radius 1 is 1.17 bits per heavy atom. The SMILES string of the molecule is Br.Br.C[S+](C)[O-]. The van der Waals surface area contributed by atoms with E-state index in [-0.39, 0.29) is 34.0 Å². The normalized spacial score (nSPS) is 6.00. The quantitative estimate of drug-likeness (QED) is 0.582. The van der Waals surface area contributed by atoms with Crippen LogP contribution >= 0.6 is 34.0 Å². The van der Waals surface area contributed by atoms with Crippen molar-refractivity contribution < 1.29 is 4.55 Å². The van der Waals surface area contributed by atoms with Gasteiger partial charge in [-0.3, -0.25) is 0 Å². The van der Waals surface area contributed by atoms with Gasteiger partial charge in [0.15, 0.2) is 0 Å². The zero-order valence-electron chi connectivity index (χ0n) is 3.63. The Bertz CT molecular complexity index is 16.3. The van der Waals surface area contributed by atoms with Gasteiger partial charge in [0.05, 0.1) is 12.5 Å². The van der Waals surface area contributed by atoms with Gasteiger partial charge >= 0.3 is 0 Å². The fourth-order valence-corrected chi connectivity index (χ4v) is 0. The summed E-state index contributed by atoms with van der Waals surface area (Å²) in [7, 11) is 0. The lowest BCUT2D eigenvalue weighted by atomic mass is 11.9. The highest BCUT2D eigenvalue weighted by molar-refractivity contribution is 8.93. The molecule has 0 atom stereocenters. The van der Waals surface area contributed by atoms with E-state index in [4.69, 9.17) is 0 Å². The van der Waals surface area contributed by atoms with Crippen LogP contribution in [0.25, 0.3) is 0 Å². The lowest BCUT2D eigenvalue weighted by Gasteiger charge is -1.87. The molecule has 0 amide bonds. The van der Waals surface area contributed by atoms with Crippen LogP contribution in [0.4, 0.5) is 0 Å². The Morgan fingerprint density at radius 2 is 1.17 bits per heavy atom. The van der Waals surface area contributed by atoms with Crippen molar-refractivity contribution in [3.05, 3.63) is 0 Å². The molecule has 4 heteroatoms. The zero-order chi connectivity index (χ0) is 3.58.